The second-order valence-electron chi connectivity index (χ2n) is 2.52. The lowest BCUT2D eigenvalue weighted by molar-refractivity contribution is 1.07. The summed E-state index contributed by atoms with van der Waals surface area (Å²) in [6.07, 6.45) is 3.08. The fourth-order valence-corrected chi connectivity index (χ4v) is 1.61. The van der Waals surface area contributed by atoms with Gasteiger partial charge in [-0.3, -0.25) is 0 Å². The number of rotatable bonds is 3. The standard InChI is InChI=1S/C9H13NS/c1-3-6-11-9-7-8(2)4-5-10-9/h4-5,7H,3,6H2,1-2H3. The Bertz CT molecular complexity index is 223. The second-order valence-corrected chi connectivity index (χ2v) is 3.64. The Hall–Kier alpha value is -0.500. The quantitative estimate of drug-likeness (QED) is 0.642. The van der Waals surface area contributed by atoms with Crippen molar-refractivity contribution in [1.82, 2.24) is 4.98 Å². The monoisotopic (exact) mass is 167 g/mol. The van der Waals surface area contributed by atoms with Crippen molar-refractivity contribution in [2.75, 3.05) is 5.75 Å². The van der Waals surface area contributed by atoms with Gasteiger partial charge in [0.2, 0.25) is 0 Å². The molecule has 0 saturated carbocycles. The lowest BCUT2D eigenvalue weighted by Crippen LogP contribution is -1.82. The van der Waals surface area contributed by atoms with Crippen molar-refractivity contribution in [3.8, 4) is 0 Å². The van der Waals surface area contributed by atoms with Crippen molar-refractivity contribution >= 4 is 11.8 Å². The predicted molar refractivity (Wildman–Crippen MR) is 50.0 cm³/mol. The number of hydrogen-bond donors (Lipinski definition) is 0. The van der Waals surface area contributed by atoms with Gasteiger partial charge in [0.15, 0.2) is 0 Å². The van der Waals surface area contributed by atoms with Gasteiger partial charge in [-0.1, -0.05) is 6.92 Å². The summed E-state index contributed by atoms with van der Waals surface area (Å²) in [5.41, 5.74) is 1.29. The van der Waals surface area contributed by atoms with Crippen LogP contribution in [0.5, 0.6) is 0 Å². The van der Waals surface area contributed by atoms with Crippen LogP contribution in [-0.2, 0) is 0 Å². The van der Waals surface area contributed by atoms with E-state index in [1.807, 2.05) is 24.0 Å². The van der Waals surface area contributed by atoms with Gasteiger partial charge in [-0.15, -0.1) is 11.8 Å². The molecular weight excluding hydrogens is 154 g/mol. The Kier molecular flexibility index (Phi) is 3.43. The third-order valence-electron chi connectivity index (χ3n) is 1.34. The molecule has 60 valence electrons. The Morgan fingerprint density at radius 3 is 3.00 bits per heavy atom. The number of pyridine rings is 1. The predicted octanol–water partition coefficient (Wildman–Crippen LogP) is 2.89. The molecule has 0 fully saturated rings. The normalized spacial score (nSPS) is 10.0. The van der Waals surface area contributed by atoms with Crippen LogP contribution in [0.4, 0.5) is 0 Å². The molecule has 11 heavy (non-hydrogen) atoms. The summed E-state index contributed by atoms with van der Waals surface area (Å²) in [6.45, 7) is 4.28. The van der Waals surface area contributed by atoms with Crippen LogP contribution < -0.4 is 0 Å². The van der Waals surface area contributed by atoms with E-state index in [0.717, 1.165) is 10.8 Å². The fraction of sp³-hybridized carbons (Fsp3) is 0.444. The summed E-state index contributed by atoms with van der Waals surface area (Å²) >= 11 is 1.82. The van der Waals surface area contributed by atoms with Gasteiger partial charge >= 0.3 is 0 Å². The van der Waals surface area contributed by atoms with Gasteiger partial charge in [-0.25, -0.2) is 4.98 Å². The van der Waals surface area contributed by atoms with E-state index < -0.39 is 0 Å². The largest absolute Gasteiger partial charge is 0.250 e. The molecule has 0 aromatic carbocycles. The minimum absolute atomic E-state index is 1.15. The van der Waals surface area contributed by atoms with Crippen molar-refractivity contribution in [2.45, 2.75) is 25.3 Å². The SMILES string of the molecule is CCCSc1cc(C)ccn1. The Morgan fingerprint density at radius 2 is 2.36 bits per heavy atom. The fourth-order valence-electron chi connectivity index (χ4n) is 0.794. The van der Waals surface area contributed by atoms with Crippen LogP contribution >= 0.6 is 11.8 Å². The van der Waals surface area contributed by atoms with E-state index in [1.165, 1.54) is 12.0 Å². The molecular formula is C9H13NS. The number of hydrogen-bond acceptors (Lipinski definition) is 2. The highest BCUT2D eigenvalue weighted by Gasteiger charge is 1.92. The molecule has 0 spiro atoms. The number of aryl methyl sites for hydroxylation is 1. The molecule has 2 heteroatoms. The second kappa shape index (κ2) is 4.39. The molecule has 0 atom stereocenters. The van der Waals surface area contributed by atoms with Crippen LogP contribution in [0.3, 0.4) is 0 Å². The maximum absolute atomic E-state index is 4.24. The first-order valence-electron chi connectivity index (χ1n) is 3.88. The van der Waals surface area contributed by atoms with Crippen LogP contribution in [0.25, 0.3) is 0 Å². The Labute approximate surface area is 72.2 Å². The van der Waals surface area contributed by atoms with Crippen LogP contribution in [-0.4, -0.2) is 10.7 Å². The van der Waals surface area contributed by atoms with Gasteiger partial charge in [-0.2, -0.15) is 0 Å². The highest BCUT2D eigenvalue weighted by molar-refractivity contribution is 7.99. The molecule has 1 aromatic heterocycles. The van der Waals surface area contributed by atoms with Gasteiger partial charge in [0.05, 0.1) is 5.03 Å². The van der Waals surface area contributed by atoms with E-state index in [9.17, 15) is 0 Å². The number of aromatic nitrogens is 1. The maximum Gasteiger partial charge on any atom is 0.0962 e. The smallest absolute Gasteiger partial charge is 0.0962 e. The zero-order valence-electron chi connectivity index (χ0n) is 7.00. The summed E-state index contributed by atoms with van der Waals surface area (Å²) in [5, 5.41) is 1.15. The molecule has 1 aromatic rings. The first-order chi connectivity index (χ1) is 5.33. The van der Waals surface area contributed by atoms with E-state index in [2.05, 4.69) is 24.9 Å². The van der Waals surface area contributed by atoms with Crippen molar-refractivity contribution < 1.29 is 0 Å². The molecule has 0 bridgehead atoms. The molecule has 0 saturated heterocycles. The number of nitrogens with zero attached hydrogens (tertiary/aromatic N) is 1. The topological polar surface area (TPSA) is 12.9 Å². The van der Waals surface area contributed by atoms with E-state index >= 15 is 0 Å². The van der Waals surface area contributed by atoms with E-state index in [1.54, 1.807) is 0 Å². The lowest BCUT2D eigenvalue weighted by atomic mass is 10.3. The van der Waals surface area contributed by atoms with Gasteiger partial charge < -0.3 is 0 Å². The molecule has 1 rings (SSSR count). The van der Waals surface area contributed by atoms with E-state index in [-0.39, 0.29) is 0 Å². The van der Waals surface area contributed by atoms with Crippen LogP contribution in [0.1, 0.15) is 18.9 Å². The summed E-state index contributed by atoms with van der Waals surface area (Å²) in [5.74, 6) is 1.16. The molecule has 0 N–H and O–H groups in total. The maximum atomic E-state index is 4.24. The summed E-state index contributed by atoms with van der Waals surface area (Å²) in [6, 6.07) is 4.15. The lowest BCUT2D eigenvalue weighted by Gasteiger charge is -1.98. The summed E-state index contributed by atoms with van der Waals surface area (Å²) in [7, 11) is 0. The van der Waals surface area contributed by atoms with Crippen molar-refractivity contribution in [2.24, 2.45) is 0 Å². The first-order valence-corrected chi connectivity index (χ1v) is 4.87. The zero-order valence-corrected chi connectivity index (χ0v) is 7.82. The van der Waals surface area contributed by atoms with Gasteiger partial charge in [0.1, 0.15) is 0 Å². The molecule has 0 amide bonds. The third-order valence-corrected chi connectivity index (χ3v) is 2.48. The minimum Gasteiger partial charge on any atom is -0.250 e. The molecule has 0 unspecified atom stereocenters. The third kappa shape index (κ3) is 2.93. The Balaban J connectivity index is 2.56. The molecule has 1 nitrogen and oxygen atoms in total. The average molecular weight is 167 g/mol. The van der Waals surface area contributed by atoms with Gasteiger partial charge in [0, 0.05) is 6.20 Å². The highest BCUT2D eigenvalue weighted by Crippen LogP contribution is 2.16. The number of thioether (sulfide) groups is 1. The molecule has 0 aliphatic rings. The van der Waals surface area contributed by atoms with E-state index in [4.69, 9.17) is 0 Å². The van der Waals surface area contributed by atoms with Crippen molar-refractivity contribution in [3.63, 3.8) is 0 Å². The van der Waals surface area contributed by atoms with Gasteiger partial charge in [-0.05, 0) is 36.8 Å². The van der Waals surface area contributed by atoms with Crippen LogP contribution in [0.15, 0.2) is 23.4 Å². The van der Waals surface area contributed by atoms with Crippen molar-refractivity contribution in [3.05, 3.63) is 23.9 Å². The van der Waals surface area contributed by atoms with Crippen LogP contribution in [0.2, 0.25) is 0 Å². The molecule has 0 aliphatic heterocycles. The Morgan fingerprint density at radius 1 is 1.55 bits per heavy atom. The summed E-state index contributed by atoms with van der Waals surface area (Å²) < 4.78 is 0. The van der Waals surface area contributed by atoms with E-state index in [0.29, 0.717) is 0 Å². The minimum atomic E-state index is 1.15. The van der Waals surface area contributed by atoms with Crippen LogP contribution in [0, 0.1) is 6.92 Å². The highest BCUT2D eigenvalue weighted by atomic mass is 32.2. The van der Waals surface area contributed by atoms with Crippen molar-refractivity contribution in [1.29, 1.82) is 0 Å². The zero-order chi connectivity index (χ0) is 8.10. The molecule has 1 heterocycles. The van der Waals surface area contributed by atoms with Gasteiger partial charge in [0.25, 0.3) is 0 Å². The first kappa shape index (κ1) is 8.60. The molecule has 0 aliphatic carbocycles. The summed E-state index contributed by atoms with van der Waals surface area (Å²) in [4.78, 5) is 4.24. The molecule has 0 radical (unpaired) electrons. The average Bonchev–Trinajstić information content (AvgIpc) is 2.01.